The van der Waals surface area contributed by atoms with Crippen LogP contribution in [0.15, 0.2) is 53.3 Å². The molecule has 33 heavy (non-hydrogen) atoms. The molecule has 0 aliphatic heterocycles. The lowest BCUT2D eigenvalue weighted by atomic mass is 10.0. The van der Waals surface area contributed by atoms with Crippen molar-refractivity contribution in [2.75, 3.05) is 17.8 Å². The molecule has 0 saturated carbocycles. The maximum atomic E-state index is 13.3. The monoisotopic (exact) mass is 482 g/mol. The van der Waals surface area contributed by atoms with Gasteiger partial charge >= 0.3 is 6.18 Å². The molecule has 3 rings (SSSR count). The van der Waals surface area contributed by atoms with Crippen LogP contribution in [0.1, 0.15) is 16.8 Å². The third-order valence-corrected chi connectivity index (χ3v) is 4.86. The normalized spacial score (nSPS) is 11.4. The number of nitrogens with one attached hydrogen (secondary N) is 1. The maximum Gasteiger partial charge on any atom is 0.433 e. The van der Waals surface area contributed by atoms with Crippen molar-refractivity contribution in [3.05, 3.63) is 85.8 Å². The average Bonchev–Trinajstić information content (AvgIpc) is 2.76. The Kier molecular flexibility index (Phi) is 7.34. The second kappa shape index (κ2) is 10.0. The van der Waals surface area contributed by atoms with Crippen molar-refractivity contribution >= 4 is 28.9 Å². The van der Waals surface area contributed by atoms with Crippen LogP contribution in [0.4, 0.5) is 30.5 Å². The molecule has 0 atom stereocenters. The van der Waals surface area contributed by atoms with Crippen LogP contribution in [-0.4, -0.2) is 27.0 Å². The number of benzene rings is 2. The summed E-state index contributed by atoms with van der Waals surface area (Å²) in [5.74, 6) is -0.215. The highest BCUT2D eigenvalue weighted by molar-refractivity contribution is 6.17. The number of alkyl halides is 4. The number of ether oxygens (including phenoxy) is 1. The number of hydrogen-bond acceptors (Lipinski definition) is 6. The zero-order valence-electron chi connectivity index (χ0n) is 17.2. The molecule has 2 aromatic carbocycles. The van der Waals surface area contributed by atoms with Crippen molar-refractivity contribution in [1.29, 1.82) is 0 Å². The molecule has 12 heteroatoms. The van der Waals surface area contributed by atoms with E-state index >= 15 is 0 Å². The minimum absolute atomic E-state index is 0.133. The summed E-state index contributed by atoms with van der Waals surface area (Å²) in [7, 11) is 0. The third-order valence-electron chi connectivity index (χ3n) is 4.71. The van der Waals surface area contributed by atoms with E-state index in [4.69, 9.17) is 16.3 Å². The van der Waals surface area contributed by atoms with Gasteiger partial charge < -0.3 is 10.1 Å². The Hall–Kier alpha value is -3.44. The topological polar surface area (TPSA) is 99.3 Å². The molecule has 0 aliphatic rings. The molecular weight excluding hydrogens is 465 g/mol. The fourth-order valence-electron chi connectivity index (χ4n) is 3.12. The lowest BCUT2D eigenvalue weighted by molar-refractivity contribution is -0.386. The Morgan fingerprint density at radius 2 is 1.91 bits per heavy atom. The molecule has 3 aromatic rings. The van der Waals surface area contributed by atoms with Gasteiger partial charge in [-0.25, -0.2) is 9.55 Å². The summed E-state index contributed by atoms with van der Waals surface area (Å²) in [6, 6.07) is 10.9. The van der Waals surface area contributed by atoms with Gasteiger partial charge in [-0.3, -0.25) is 14.9 Å². The fourth-order valence-corrected chi connectivity index (χ4v) is 3.23. The quantitative estimate of drug-likeness (QED) is 0.211. The van der Waals surface area contributed by atoms with Gasteiger partial charge in [-0.15, -0.1) is 11.6 Å². The van der Waals surface area contributed by atoms with Gasteiger partial charge in [-0.2, -0.15) is 13.2 Å². The third kappa shape index (κ3) is 5.49. The van der Waals surface area contributed by atoms with Crippen molar-refractivity contribution in [2.45, 2.75) is 19.7 Å². The lowest BCUT2D eigenvalue weighted by Crippen LogP contribution is -2.25. The molecule has 0 radical (unpaired) electrons. The first-order valence-electron chi connectivity index (χ1n) is 9.57. The minimum atomic E-state index is -4.85. The number of nitrogens with zero attached hydrogens (tertiary/aromatic N) is 3. The van der Waals surface area contributed by atoms with Gasteiger partial charge in [0.15, 0.2) is 5.69 Å². The standard InChI is InChI=1S/C21H18ClF3N4O4/c1-13-15(12-33-10-9-22)17(29(31)32)8-7-16(13)26-20-27-18(21(23,24)25)11-19(30)28(20)14-5-3-2-4-6-14/h2-8,11H,9-10,12H2,1H3,(H,26,27). The highest BCUT2D eigenvalue weighted by Gasteiger charge is 2.34. The second-order valence-electron chi connectivity index (χ2n) is 6.83. The summed E-state index contributed by atoms with van der Waals surface area (Å²) in [5, 5.41) is 14.2. The molecule has 0 unspecified atom stereocenters. The molecule has 0 saturated heterocycles. The summed E-state index contributed by atoms with van der Waals surface area (Å²) < 4.78 is 46.3. The zero-order valence-corrected chi connectivity index (χ0v) is 18.0. The summed E-state index contributed by atoms with van der Waals surface area (Å²) >= 11 is 5.59. The molecule has 0 bridgehead atoms. The summed E-state index contributed by atoms with van der Waals surface area (Å²) in [6.45, 7) is 1.57. The number of anilines is 2. The van der Waals surface area contributed by atoms with Crippen molar-refractivity contribution in [2.24, 2.45) is 0 Å². The highest BCUT2D eigenvalue weighted by Crippen LogP contribution is 2.32. The SMILES string of the molecule is Cc1c(Nc2nc(C(F)(F)F)cc(=O)n2-c2ccccc2)ccc([N+](=O)[O-])c1COCCCl. The second-order valence-corrected chi connectivity index (χ2v) is 7.21. The smallest absolute Gasteiger partial charge is 0.375 e. The maximum absolute atomic E-state index is 13.3. The predicted octanol–water partition coefficient (Wildman–Crippen LogP) is 4.97. The average molecular weight is 483 g/mol. The molecule has 0 amide bonds. The van der Waals surface area contributed by atoms with Crippen LogP contribution in [0.5, 0.6) is 0 Å². The van der Waals surface area contributed by atoms with Gasteiger partial charge in [-0.1, -0.05) is 18.2 Å². The van der Waals surface area contributed by atoms with Crippen LogP contribution >= 0.6 is 11.6 Å². The van der Waals surface area contributed by atoms with Gasteiger partial charge in [0, 0.05) is 23.7 Å². The van der Waals surface area contributed by atoms with E-state index in [-0.39, 0.29) is 41.7 Å². The van der Waals surface area contributed by atoms with E-state index in [1.54, 1.807) is 25.1 Å². The number of nitro groups is 1. The number of aromatic nitrogens is 2. The molecule has 8 nitrogen and oxygen atoms in total. The first-order chi connectivity index (χ1) is 15.6. The largest absolute Gasteiger partial charge is 0.433 e. The van der Waals surface area contributed by atoms with Crippen molar-refractivity contribution < 1.29 is 22.8 Å². The van der Waals surface area contributed by atoms with Crippen molar-refractivity contribution in [3.63, 3.8) is 0 Å². The molecule has 0 spiro atoms. The van der Waals surface area contributed by atoms with Crippen molar-refractivity contribution in [1.82, 2.24) is 9.55 Å². The number of rotatable bonds is 8. The highest BCUT2D eigenvalue weighted by atomic mass is 35.5. The molecule has 1 N–H and O–H groups in total. The summed E-state index contributed by atoms with van der Waals surface area (Å²) in [6.07, 6.45) is -4.85. The Balaban J connectivity index is 2.15. The Morgan fingerprint density at radius 3 is 2.52 bits per heavy atom. The van der Waals surface area contributed by atoms with Crippen LogP contribution in [0.2, 0.25) is 0 Å². The van der Waals surface area contributed by atoms with Gasteiger partial charge in [0.1, 0.15) is 0 Å². The number of nitro benzene ring substituents is 1. The van der Waals surface area contributed by atoms with E-state index in [1.165, 1.54) is 24.3 Å². The van der Waals surface area contributed by atoms with Gasteiger partial charge in [0.2, 0.25) is 5.95 Å². The van der Waals surface area contributed by atoms with Crippen LogP contribution in [0.25, 0.3) is 5.69 Å². The summed E-state index contributed by atoms with van der Waals surface area (Å²) in [5.41, 5.74) is -1.45. The Morgan fingerprint density at radius 1 is 1.21 bits per heavy atom. The lowest BCUT2D eigenvalue weighted by Gasteiger charge is -2.18. The Bertz CT molecular complexity index is 1220. The number of para-hydroxylation sites is 1. The molecule has 1 heterocycles. The van der Waals surface area contributed by atoms with E-state index in [0.717, 1.165) is 4.57 Å². The molecule has 0 fully saturated rings. The Labute approximate surface area is 190 Å². The molecule has 1 aromatic heterocycles. The summed E-state index contributed by atoms with van der Waals surface area (Å²) in [4.78, 5) is 27.1. The van der Waals surface area contributed by atoms with Crippen LogP contribution in [-0.2, 0) is 17.5 Å². The van der Waals surface area contributed by atoms with Crippen LogP contribution < -0.4 is 10.9 Å². The molecule has 174 valence electrons. The fraction of sp³-hybridized carbons (Fsp3) is 0.238. The first kappa shape index (κ1) is 24.2. The van der Waals surface area contributed by atoms with E-state index in [0.29, 0.717) is 11.6 Å². The van der Waals surface area contributed by atoms with E-state index < -0.39 is 28.3 Å². The minimum Gasteiger partial charge on any atom is -0.375 e. The predicted molar refractivity (Wildman–Crippen MR) is 116 cm³/mol. The zero-order chi connectivity index (χ0) is 24.2. The van der Waals surface area contributed by atoms with Crippen LogP contribution in [0.3, 0.4) is 0 Å². The van der Waals surface area contributed by atoms with E-state index in [1.807, 2.05) is 0 Å². The van der Waals surface area contributed by atoms with Gasteiger partial charge in [0.25, 0.3) is 11.2 Å². The number of hydrogen-bond donors (Lipinski definition) is 1. The van der Waals surface area contributed by atoms with Crippen molar-refractivity contribution in [3.8, 4) is 5.69 Å². The molecule has 0 aliphatic carbocycles. The first-order valence-corrected chi connectivity index (χ1v) is 10.1. The van der Waals surface area contributed by atoms with Crippen LogP contribution in [0, 0.1) is 17.0 Å². The van der Waals surface area contributed by atoms with Gasteiger partial charge in [-0.05, 0) is 30.7 Å². The molecular formula is C21H18ClF3N4O4. The van der Waals surface area contributed by atoms with E-state index in [2.05, 4.69) is 10.3 Å². The van der Waals surface area contributed by atoms with Gasteiger partial charge in [0.05, 0.1) is 29.4 Å². The van der Waals surface area contributed by atoms with E-state index in [9.17, 15) is 28.1 Å². The number of halogens is 4.